The third-order valence-electron chi connectivity index (χ3n) is 2.91. The number of hydrogen-bond donors (Lipinski definition) is 0. The van der Waals surface area contributed by atoms with E-state index in [1.807, 2.05) is 61.7 Å². The highest BCUT2D eigenvalue weighted by atomic mass is 32.2. The Balaban J connectivity index is 2.16. The molecule has 2 rings (SSSR count). The van der Waals surface area contributed by atoms with Crippen molar-refractivity contribution < 1.29 is 9.53 Å². The smallest absolute Gasteiger partial charge is 0.338 e. The second kappa shape index (κ2) is 7.15. The van der Waals surface area contributed by atoms with Gasteiger partial charge in [0.15, 0.2) is 0 Å². The first-order chi connectivity index (χ1) is 9.70. The van der Waals surface area contributed by atoms with Crippen molar-refractivity contribution in [3.8, 4) is 11.1 Å². The van der Waals surface area contributed by atoms with E-state index in [0.717, 1.165) is 16.9 Å². The lowest BCUT2D eigenvalue weighted by Gasteiger charge is -2.12. The molecule has 0 saturated carbocycles. The summed E-state index contributed by atoms with van der Waals surface area (Å²) in [4.78, 5) is 12.1. The number of carbonyl (C=O) groups is 1. The minimum absolute atomic E-state index is 0.0714. The second-order valence-corrected chi connectivity index (χ2v) is 5.53. The Labute approximate surface area is 124 Å². The molecule has 0 bridgehead atoms. The summed E-state index contributed by atoms with van der Waals surface area (Å²) in [6, 6.07) is 17.6. The van der Waals surface area contributed by atoms with Crippen molar-refractivity contribution in [3.63, 3.8) is 0 Å². The first kappa shape index (κ1) is 14.7. The van der Waals surface area contributed by atoms with E-state index >= 15 is 0 Å². The zero-order chi connectivity index (χ0) is 14.4. The lowest BCUT2D eigenvalue weighted by Crippen LogP contribution is -2.17. The summed E-state index contributed by atoms with van der Waals surface area (Å²) in [7, 11) is 0. The number of benzene rings is 2. The lowest BCUT2D eigenvalue weighted by molar-refractivity contribution is 0.0386. The second-order valence-electron chi connectivity index (χ2n) is 4.62. The lowest BCUT2D eigenvalue weighted by atomic mass is 10.0. The van der Waals surface area contributed by atoms with Crippen molar-refractivity contribution in [3.05, 3.63) is 60.2 Å². The SMILES string of the molecule is CSCC(C)OC(=O)c1cccc(-c2ccccc2)c1. The molecule has 0 spiro atoms. The van der Waals surface area contributed by atoms with Gasteiger partial charge >= 0.3 is 5.97 Å². The quantitative estimate of drug-likeness (QED) is 0.768. The Morgan fingerprint density at radius 1 is 1.10 bits per heavy atom. The van der Waals surface area contributed by atoms with E-state index in [0.29, 0.717) is 5.56 Å². The van der Waals surface area contributed by atoms with Crippen molar-refractivity contribution in [1.82, 2.24) is 0 Å². The molecule has 0 aromatic heterocycles. The van der Waals surface area contributed by atoms with Gasteiger partial charge in [0.25, 0.3) is 0 Å². The van der Waals surface area contributed by atoms with Crippen LogP contribution in [0.1, 0.15) is 17.3 Å². The number of hydrogen-bond acceptors (Lipinski definition) is 3. The van der Waals surface area contributed by atoms with E-state index in [2.05, 4.69) is 0 Å². The van der Waals surface area contributed by atoms with Gasteiger partial charge in [-0.2, -0.15) is 11.8 Å². The van der Waals surface area contributed by atoms with Gasteiger partial charge in [-0.25, -0.2) is 4.79 Å². The van der Waals surface area contributed by atoms with Crippen LogP contribution in [-0.4, -0.2) is 24.1 Å². The van der Waals surface area contributed by atoms with E-state index < -0.39 is 0 Å². The number of rotatable bonds is 5. The molecule has 2 nitrogen and oxygen atoms in total. The molecule has 1 atom stereocenters. The van der Waals surface area contributed by atoms with Gasteiger partial charge in [-0.1, -0.05) is 42.5 Å². The van der Waals surface area contributed by atoms with Crippen LogP contribution in [-0.2, 0) is 4.74 Å². The summed E-state index contributed by atoms with van der Waals surface area (Å²) < 4.78 is 5.41. The summed E-state index contributed by atoms with van der Waals surface area (Å²) in [5.74, 6) is 0.550. The number of ether oxygens (including phenoxy) is 1. The van der Waals surface area contributed by atoms with Crippen LogP contribution in [0.4, 0.5) is 0 Å². The van der Waals surface area contributed by atoms with Gasteiger partial charge in [-0.3, -0.25) is 0 Å². The molecule has 0 fully saturated rings. The van der Waals surface area contributed by atoms with Crippen LogP contribution in [0.5, 0.6) is 0 Å². The summed E-state index contributed by atoms with van der Waals surface area (Å²) >= 11 is 1.67. The number of esters is 1. The van der Waals surface area contributed by atoms with Crippen LogP contribution in [0.3, 0.4) is 0 Å². The Morgan fingerprint density at radius 3 is 2.50 bits per heavy atom. The molecule has 1 unspecified atom stereocenters. The van der Waals surface area contributed by atoms with E-state index in [4.69, 9.17) is 4.74 Å². The van der Waals surface area contributed by atoms with Gasteiger partial charge < -0.3 is 4.74 Å². The number of carbonyl (C=O) groups excluding carboxylic acids is 1. The van der Waals surface area contributed by atoms with Crippen molar-refractivity contribution in [1.29, 1.82) is 0 Å². The molecule has 0 N–H and O–H groups in total. The van der Waals surface area contributed by atoms with Crippen molar-refractivity contribution in [2.24, 2.45) is 0 Å². The average Bonchev–Trinajstić information content (AvgIpc) is 2.48. The molecular formula is C17H18O2S. The number of thioether (sulfide) groups is 1. The molecule has 0 aliphatic carbocycles. The molecule has 20 heavy (non-hydrogen) atoms. The monoisotopic (exact) mass is 286 g/mol. The molecule has 3 heteroatoms. The fourth-order valence-electron chi connectivity index (χ4n) is 1.98. The van der Waals surface area contributed by atoms with Crippen LogP contribution in [0.2, 0.25) is 0 Å². The molecule has 2 aromatic carbocycles. The average molecular weight is 286 g/mol. The van der Waals surface area contributed by atoms with E-state index in [-0.39, 0.29) is 12.1 Å². The normalized spacial score (nSPS) is 11.9. The van der Waals surface area contributed by atoms with E-state index in [1.54, 1.807) is 17.8 Å². The molecule has 0 saturated heterocycles. The molecule has 104 valence electrons. The first-order valence-corrected chi connectivity index (χ1v) is 7.95. The molecular weight excluding hydrogens is 268 g/mol. The standard InChI is InChI=1S/C17H18O2S/c1-13(12-20-2)19-17(18)16-10-6-9-15(11-16)14-7-4-3-5-8-14/h3-11,13H,12H2,1-2H3. The third kappa shape index (κ3) is 3.87. The summed E-state index contributed by atoms with van der Waals surface area (Å²) in [6.45, 7) is 1.91. The highest BCUT2D eigenvalue weighted by molar-refractivity contribution is 7.98. The Kier molecular flexibility index (Phi) is 5.24. The van der Waals surface area contributed by atoms with Gasteiger partial charge in [0, 0.05) is 5.75 Å². The van der Waals surface area contributed by atoms with Gasteiger partial charge in [0.2, 0.25) is 0 Å². The topological polar surface area (TPSA) is 26.3 Å². The zero-order valence-electron chi connectivity index (χ0n) is 11.7. The zero-order valence-corrected chi connectivity index (χ0v) is 12.5. The van der Waals surface area contributed by atoms with Crippen LogP contribution < -0.4 is 0 Å². The predicted octanol–water partition coefficient (Wildman–Crippen LogP) is 4.26. The Hall–Kier alpha value is -1.74. The Bertz CT molecular complexity index is 566. The summed E-state index contributed by atoms with van der Waals surface area (Å²) in [5.41, 5.74) is 2.72. The van der Waals surface area contributed by atoms with Gasteiger partial charge in [0.1, 0.15) is 6.10 Å². The maximum Gasteiger partial charge on any atom is 0.338 e. The van der Waals surface area contributed by atoms with Crippen LogP contribution in [0, 0.1) is 0 Å². The van der Waals surface area contributed by atoms with Crippen LogP contribution in [0.25, 0.3) is 11.1 Å². The van der Waals surface area contributed by atoms with Crippen molar-refractivity contribution in [2.45, 2.75) is 13.0 Å². The molecule has 0 heterocycles. The minimum atomic E-state index is -0.260. The highest BCUT2D eigenvalue weighted by Crippen LogP contribution is 2.20. The van der Waals surface area contributed by atoms with Crippen molar-refractivity contribution in [2.75, 3.05) is 12.0 Å². The van der Waals surface area contributed by atoms with Gasteiger partial charge in [-0.05, 0) is 36.4 Å². The molecule has 0 aliphatic rings. The fraction of sp³-hybridized carbons (Fsp3) is 0.235. The maximum absolute atomic E-state index is 12.1. The highest BCUT2D eigenvalue weighted by Gasteiger charge is 2.12. The molecule has 0 aliphatic heterocycles. The molecule has 2 aromatic rings. The van der Waals surface area contributed by atoms with Gasteiger partial charge in [0.05, 0.1) is 5.56 Å². The largest absolute Gasteiger partial charge is 0.458 e. The molecule has 0 amide bonds. The first-order valence-electron chi connectivity index (χ1n) is 6.56. The van der Waals surface area contributed by atoms with Crippen LogP contribution >= 0.6 is 11.8 Å². The Morgan fingerprint density at radius 2 is 1.80 bits per heavy atom. The van der Waals surface area contributed by atoms with E-state index in [9.17, 15) is 4.79 Å². The summed E-state index contributed by atoms with van der Waals surface area (Å²) in [5, 5.41) is 0. The third-order valence-corrected chi connectivity index (χ3v) is 3.72. The fourth-order valence-corrected chi connectivity index (χ4v) is 2.51. The van der Waals surface area contributed by atoms with Gasteiger partial charge in [-0.15, -0.1) is 0 Å². The van der Waals surface area contributed by atoms with E-state index in [1.165, 1.54) is 0 Å². The van der Waals surface area contributed by atoms with Crippen molar-refractivity contribution >= 4 is 17.7 Å². The minimum Gasteiger partial charge on any atom is -0.458 e. The predicted molar refractivity (Wildman–Crippen MR) is 85.1 cm³/mol. The summed E-state index contributed by atoms with van der Waals surface area (Å²) in [6.07, 6.45) is 1.93. The molecule has 0 radical (unpaired) electrons. The van der Waals surface area contributed by atoms with Crippen LogP contribution in [0.15, 0.2) is 54.6 Å². The maximum atomic E-state index is 12.1.